The lowest BCUT2D eigenvalue weighted by atomic mass is 9.88. The molecule has 1 aromatic carbocycles. The zero-order chi connectivity index (χ0) is 13.9. The molecular formula is C19H32. The van der Waals surface area contributed by atoms with Crippen LogP contribution in [0.25, 0.3) is 0 Å². The van der Waals surface area contributed by atoms with Gasteiger partial charge in [-0.2, -0.15) is 0 Å². The highest BCUT2D eigenvalue weighted by Crippen LogP contribution is 2.28. The number of aryl methyl sites for hydroxylation is 1. The average molecular weight is 260 g/mol. The molecule has 0 nitrogen and oxygen atoms in total. The van der Waals surface area contributed by atoms with Crippen LogP contribution in [0.15, 0.2) is 24.3 Å². The van der Waals surface area contributed by atoms with Gasteiger partial charge in [-0.15, -0.1) is 0 Å². The summed E-state index contributed by atoms with van der Waals surface area (Å²) in [7, 11) is 0. The molecule has 0 saturated heterocycles. The average Bonchev–Trinajstić information content (AvgIpc) is 2.43. The molecule has 1 unspecified atom stereocenters. The Bertz CT molecular complexity index is 309. The van der Waals surface area contributed by atoms with Gasteiger partial charge < -0.3 is 0 Å². The van der Waals surface area contributed by atoms with Crippen LogP contribution in [-0.2, 0) is 0 Å². The molecule has 1 atom stereocenters. The van der Waals surface area contributed by atoms with Crippen molar-refractivity contribution >= 4 is 0 Å². The Balaban J connectivity index is 2.49. The van der Waals surface area contributed by atoms with Gasteiger partial charge in [0, 0.05) is 0 Å². The third-order valence-electron chi connectivity index (χ3n) is 4.11. The summed E-state index contributed by atoms with van der Waals surface area (Å²) >= 11 is 0. The van der Waals surface area contributed by atoms with E-state index in [0.29, 0.717) is 0 Å². The van der Waals surface area contributed by atoms with Crippen molar-refractivity contribution in [2.24, 2.45) is 0 Å². The van der Waals surface area contributed by atoms with Crippen LogP contribution in [0.2, 0.25) is 0 Å². The van der Waals surface area contributed by atoms with Gasteiger partial charge in [-0.25, -0.2) is 0 Å². The minimum absolute atomic E-state index is 0.795. The first-order chi connectivity index (χ1) is 9.27. The smallest absolute Gasteiger partial charge is 0.0162 e. The van der Waals surface area contributed by atoms with Crippen molar-refractivity contribution in [2.75, 3.05) is 0 Å². The predicted molar refractivity (Wildman–Crippen MR) is 86.8 cm³/mol. The Labute approximate surface area is 120 Å². The fourth-order valence-corrected chi connectivity index (χ4v) is 2.77. The van der Waals surface area contributed by atoms with Crippen LogP contribution < -0.4 is 0 Å². The van der Waals surface area contributed by atoms with E-state index >= 15 is 0 Å². The Hall–Kier alpha value is -0.780. The first-order valence-electron chi connectivity index (χ1n) is 8.34. The van der Waals surface area contributed by atoms with E-state index in [4.69, 9.17) is 0 Å². The Morgan fingerprint density at radius 2 is 1.26 bits per heavy atom. The van der Waals surface area contributed by atoms with Gasteiger partial charge in [0.05, 0.1) is 0 Å². The molecular weight excluding hydrogens is 228 g/mol. The summed E-state index contributed by atoms with van der Waals surface area (Å²) in [6.45, 7) is 6.76. The molecule has 0 aliphatic carbocycles. The first kappa shape index (κ1) is 16.3. The number of benzene rings is 1. The molecule has 0 heteroatoms. The Kier molecular flexibility index (Phi) is 8.62. The van der Waals surface area contributed by atoms with Gasteiger partial charge in [-0.3, -0.25) is 0 Å². The molecule has 0 aromatic heterocycles. The van der Waals surface area contributed by atoms with E-state index < -0.39 is 0 Å². The normalized spacial score (nSPS) is 12.6. The number of hydrogen-bond acceptors (Lipinski definition) is 0. The molecule has 0 amide bonds. The highest BCUT2D eigenvalue weighted by atomic mass is 14.2. The van der Waals surface area contributed by atoms with Gasteiger partial charge in [0.1, 0.15) is 0 Å². The van der Waals surface area contributed by atoms with Gasteiger partial charge in [-0.05, 0) is 31.2 Å². The summed E-state index contributed by atoms with van der Waals surface area (Å²) in [5.74, 6) is 0.795. The lowest BCUT2D eigenvalue weighted by Gasteiger charge is -2.17. The van der Waals surface area contributed by atoms with Crippen molar-refractivity contribution in [3.8, 4) is 0 Å². The highest BCUT2D eigenvalue weighted by Gasteiger charge is 2.10. The van der Waals surface area contributed by atoms with Crippen LogP contribution in [0.3, 0.4) is 0 Å². The molecule has 0 spiro atoms. The van der Waals surface area contributed by atoms with Crippen molar-refractivity contribution in [3.63, 3.8) is 0 Å². The van der Waals surface area contributed by atoms with E-state index in [1.54, 1.807) is 5.56 Å². The van der Waals surface area contributed by atoms with Gasteiger partial charge >= 0.3 is 0 Å². The zero-order valence-electron chi connectivity index (χ0n) is 13.3. The lowest BCUT2D eigenvalue weighted by molar-refractivity contribution is 0.501. The molecule has 1 aromatic rings. The molecule has 0 radical (unpaired) electrons. The van der Waals surface area contributed by atoms with Crippen LogP contribution >= 0.6 is 0 Å². The summed E-state index contributed by atoms with van der Waals surface area (Å²) in [6.07, 6.45) is 12.4. The predicted octanol–water partition coefficient (Wildman–Crippen LogP) is 6.63. The number of rotatable bonds is 10. The quantitative estimate of drug-likeness (QED) is 0.414. The topological polar surface area (TPSA) is 0 Å². The van der Waals surface area contributed by atoms with Gasteiger partial charge in [0.25, 0.3) is 0 Å². The van der Waals surface area contributed by atoms with Gasteiger partial charge in [0.15, 0.2) is 0 Å². The van der Waals surface area contributed by atoms with Crippen LogP contribution in [0, 0.1) is 6.92 Å². The van der Waals surface area contributed by atoms with E-state index in [1.165, 1.54) is 63.4 Å². The van der Waals surface area contributed by atoms with E-state index in [-0.39, 0.29) is 0 Å². The number of unbranched alkanes of at least 4 members (excludes halogenated alkanes) is 5. The molecule has 108 valence electrons. The maximum atomic E-state index is 2.35. The first-order valence-corrected chi connectivity index (χ1v) is 8.34. The van der Waals surface area contributed by atoms with Crippen molar-refractivity contribution in [1.29, 1.82) is 0 Å². The van der Waals surface area contributed by atoms with E-state index in [2.05, 4.69) is 45.0 Å². The summed E-state index contributed by atoms with van der Waals surface area (Å²) in [5, 5.41) is 0. The van der Waals surface area contributed by atoms with Crippen LogP contribution in [0.5, 0.6) is 0 Å². The Morgan fingerprint density at radius 1 is 0.737 bits per heavy atom. The second-order valence-corrected chi connectivity index (χ2v) is 5.95. The maximum absolute atomic E-state index is 2.35. The largest absolute Gasteiger partial charge is 0.0654 e. The van der Waals surface area contributed by atoms with Crippen LogP contribution in [0.4, 0.5) is 0 Å². The van der Waals surface area contributed by atoms with Crippen LogP contribution in [-0.4, -0.2) is 0 Å². The SMILES string of the molecule is CCCCCCC(CCCCC)c1ccc(C)cc1. The van der Waals surface area contributed by atoms with Crippen molar-refractivity contribution in [3.05, 3.63) is 35.4 Å². The third kappa shape index (κ3) is 6.80. The van der Waals surface area contributed by atoms with Crippen molar-refractivity contribution in [2.45, 2.75) is 84.5 Å². The lowest BCUT2D eigenvalue weighted by Crippen LogP contribution is -2.00. The van der Waals surface area contributed by atoms with E-state index in [9.17, 15) is 0 Å². The minimum atomic E-state index is 0.795. The standard InChI is InChI=1S/C19H32/c1-4-6-8-10-12-18(11-9-7-5-2)19-15-13-17(3)14-16-19/h13-16,18H,4-12H2,1-3H3. The highest BCUT2D eigenvalue weighted by molar-refractivity contribution is 5.24. The second-order valence-electron chi connectivity index (χ2n) is 5.95. The molecule has 0 aliphatic heterocycles. The summed E-state index contributed by atoms with van der Waals surface area (Å²) in [4.78, 5) is 0. The number of hydrogen-bond donors (Lipinski definition) is 0. The van der Waals surface area contributed by atoms with Gasteiger partial charge in [-0.1, -0.05) is 88.6 Å². The van der Waals surface area contributed by atoms with Crippen LogP contribution in [0.1, 0.15) is 88.7 Å². The monoisotopic (exact) mass is 260 g/mol. The van der Waals surface area contributed by atoms with E-state index in [1.807, 2.05) is 0 Å². The molecule has 0 aliphatic rings. The minimum Gasteiger partial charge on any atom is -0.0654 e. The summed E-state index contributed by atoms with van der Waals surface area (Å²) in [5.41, 5.74) is 2.94. The zero-order valence-corrected chi connectivity index (χ0v) is 13.3. The van der Waals surface area contributed by atoms with E-state index in [0.717, 1.165) is 5.92 Å². The fraction of sp³-hybridized carbons (Fsp3) is 0.684. The molecule has 0 N–H and O–H groups in total. The molecule has 19 heavy (non-hydrogen) atoms. The fourth-order valence-electron chi connectivity index (χ4n) is 2.77. The maximum Gasteiger partial charge on any atom is -0.0162 e. The summed E-state index contributed by atoms with van der Waals surface area (Å²) < 4.78 is 0. The Morgan fingerprint density at radius 3 is 1.84 bits per heavy atom. The molecule has 0 heterocycles. The molecule has 0 fully saturated rings. The van der Waals surface area contributed by atoms with Crippen molar-refractivity contribution < 1.29 is 0 Å². The second kappa shape index (κ2) is 10.1. The third-order valence-corrected chi connectivity index (χ3v) is 4.11. The van der Waals surface area contributed by atoms with Crippen molar-refractivity contribution in [1.82, 2.24) is 0 Å². The summed E-state index contributed by atoms with van der Waals surface area (Å²) in [6, 6.07) is 9.25. The molecule has 0 bridgehead atoms. The molecule has 0 saturated carbocycles. The van der Waals surface area contributed by atoms with Gasteiger partial charge in [0.2, 0.25) is 0 Å². The molecule has 1 rings (SSSR count).